The van der Waals surface area contributed by atoms with Crippen LogP contribution in [0.3, 0.4) is 0 Å². The summed E-state index contributed by atoms with van der Waals surface area (Å²) in [5.41, 5.74) is 0.610. The fourth-order valence-corrected chi connectivity index (χ4v) is 2.18. The Labute approximate surface area is 139 Å². The van der Waals surface area contributed by atoms with Crippen molar-refractivity contribution < 1.29 is 22.7 Å². The topological polar surface area (TPSA) is 50.7 Å². The molecule has 1 atom stereocenters. The van der Waals surface area contributed by atoms with Crippen molar-refractivity contribution in [3.63, 3.8) is 0 Å². The van der Waals surface area contributed by atoms with Crippen molar-refractivity contribution in [2.45, 2.75) is 32.1 Å². The molecular formula is C17H21F3N2O2. The van der Waals surface area contributed by atoms with Crippen LogP contribution in [0.5, 0.6) is 5.75 Å². The number of carbonyl (C=O) groups excluding carboxylic acids is 1. The SMILES string of the molecule is CCCC(C=CC(=NC)NC=O)c1cc(F)cc(OCC(F)F)c1. The number of benzene rings is 1. The van der Waals surface area contributed by atoms with Crippen molar-refractivity contribution in [1.29, 1.82) is 0 Å². The summed E-state index contributed by atoms with van der Waals surface area (Å²) in [4.78, 5) is 14.4. The Hall–Kier alpha value is -2.31. The van der Waals surface area contributed by atoms with Crippen LogP contribution in [0.15, 0.2) is 35.3 Å². The van der Waals surface area contributed by atoms with Gasteiger partial charge in [0, 0.05) is 19.0 Å². The molecule has 0 saturated heterocycles. The third-order valence-electron chi connectivity index (χ3n) is 3.23. The van der Waals surface area contributed by atoms with Crippen LogP contribution in [0, 0.1) is 5.82 Å². The van der Waals surface area contributed by atoms with Crippen LogP contribution in [-0.4, -0.2) is 32.3 Å². The zero-order valence-corrected chi connectivity index (χ0v) is 13.6. The number of nitrogens with zero attached hydrogens (tertiary/aromatic N) is 1. The lowest BCUT2D eigenvalue weighted by Crippen LogP contribution is -2.19. The molecule has 0 spiro atoms. The highest BCUT2D eigenvalue weighted by Gasteiger charge is 2.12. The molecule has 1 unspecified atom stereocenters. The van der Waals surface area contributed by atoms with Gasteiger partial charge in [0.25, 0.3) is 6.43 Å². The van der Waals surface area contributed by atoms with Gasteiger partial charge in [0.05, 0.1) is 0 Å². The average Bonchev–Trinajstić information content (AvgIpc) is 2.55. The number of rotatable bonds is 9. The number of amidine groups is 1. The van der Waals surface area contributed by atoms with Crippen molar-refractivity contribution in [2.75, 3.05) is 13.7 Å². The molecule has 7 heteroatoms. The fourth-order valence-electron chi connectivity index (χ4n) is 2.18. The minimum Gasteiger partial charge on any atom is -0.488 e. The summed E-state index contributed by atoms with van der Waals surface area (Å²) in [5, 5.41) is 2.44. The van der Waals surface area contributed by atoms with E-state index >= 15 is 0 Å². The van der Waals surface area contributed by atoms with Crippen molar-refractivity contribution >= 4 is 12.2 Å². The molecule has 1 N–H and O–H groups in total. The molecule has 0 aromatic heterocycles. The molecule has 0 radical (unpaired) electrons. The van der Waals surface area contributed by atoms with Crippen LogP contribution in [0.4, 0.5) is 13.2 Å². The Morgan fingerprint density at radius 3 is 2.71 bits per heavy atom. The number of aliphatic imine (C=N–C) groups is 1. The predicted octanol–water partition coefficient (Wildman–Crippen LogP) is 3.68. The van der Waals surface area contributed by atoms with E-state index in [0.29, 0.717) is 24.2 Å². The molecule has 0 aliphatic heterocycles. The maximum Gasteiger partial charge on any atom is 0.272 e. The molecule has 1 amide bonds. The van der Waals surface area contributed by atoms with Gasteiger partial charge in [-0.1, -0.05) is 19.4 Å². The molecule has 0 aliphatic carbocycles. The number of hydrogen-bond acceptors (Lipinski definition) is 3. The number of nitrogens with one attached hydrogen (secondary N) is 1. The second-order valence-electron chi connectivity index (χ2n) is 5.05. The van der Waals surface area contributed by atoms with Crippen molar-refractivity contribution in [1.82, 2.24) is 5.32 Å². The summed E-state index contributed by atoms with van der Waals surface area (Å²) in [7, 11) is 1.53. The molecule has 0 bridgehead atoms. The van der Waals surface area contributed by atoms with E-state index in [1.807, 2.05) is 6.92 Å². The highest BCUT2D eigenvalue weighted by molar-refractivity contribution is 5.98. The average molecular weight is 342 g/mol. The van der Waals surface area contributed by atoms with Crippen LogP contribution >= 0.6 is 0 Å². The molecule has 1 rings (SSSR count). The second kappa shape index (κ2) is 10.5. The van der Waals surface area contributed by atoms with Gasteiger partial charge in [-0.25, -0.2) is 13.2 Å². The van der Waals surface area contributed by atoms with Crippen LogP contribution in [-0.2, 0) is 4.79 Å². The molecule has 132 valence electrons. The Morgan fingerprint density at radius 2 is 2.12 bits per heavy atom. The monoisotopic (exact) mass is 342 g/mol. The Morgan fingerprint density at radius 1 is 1.38 bits per heavy atom. The summed E-state index contributed by atoms with van der Waals surface area (Å²) in [5.74, 6) is -0.279. The summed E-state index contributed by atoms with van der Waals surface area (Å²) < 4.78 is 43.2. The molecule has 24 heavy (non-hydrogen) atoms. The lowest BCUT2D eigenvalue weighted by Gasteiger charge is -2.15. The Balaban J connectivity index is 3.02. The Bertz CT molecular complexity index is 589. The van der Waals surface area contributed by atoms with E-state index in [2.05, 4.69) is 10.3 Å². The van der Waals surface area contributed by atoms with E-state index in [9.17, 15) is 18.0 Å². The number of ether oxygens (including phenoxy) is 1. The third-order valence-corrected chi connectivity index (χ3v) is 3.23. The molecule has 4 nitrogen and oxygen atoms in total. The van der Waals surface area contributed by atoms with E-state index < -0.39 is 18.8 Å². The smallest absolute Gasteiger partial charge is 0.272 e. The van der Waals surface area contributed by atoms with Gasteiger partial charge in [-0.3, -0.25) is 9.79 Å². The van der Waals surface area contributed by atoms with Gasteiger partial charge < -0.3 is 10.1 Å². The van der Waals surface area contributed by atoms with Crippen LogP contribution in [0.25, 0.3) is 0 Å². The molecular weight excluding hydrogens is 321 g/mol. The molecule has 1 aromatic carbocycles. The first kappa shape index (κ1) is 19.7. The van der Waals surface area contributed by atoms with Crippen molar-refractivity contribution in [3.8, 4) is 5.75 Å². The summed E-state index contributed by atoms with van der Waals surface area (Å²) >= 11 is 0. The summed E-state index contributed by atoms with van der Waals surface area (Å²) in [6, 6.07) is 3.97. The fraction of sp³-hybridized carbons (Fsp3) is 0.412. The first-order chi connectivity index (χ1) is 11.5. The highest BCUT2D eigenvalue weighted by atomic mass is 19.3. The van der Waals surface area contributed by atoms with E-state index in [0.717, 1.165) is 12.5 Å². The van der Waals surface area contributed by atoms with Gasteiger partial charge in [-0.15, -0.1) is 0 Å². The molecule has 1 aromatic rings. The van der Waals surface area contributed by atoms with Crippen LogP contribution < -0.4 is 10.1 Å². The van der Waals surface area contributed by atoms with E-state index in [1.54, 1.807) is 18.2 Å². The van der Waals surface area contributed by atoms with Gasteiger partial charge in [-0.2, -0.15) is 0 Å². The Kier molecular flexibility index (Phi) is 8.60. The van der Waals surface area contributed by atoms with E-state index in [4.69, 9.17) is 4.74 Å². The minimum absolute atomic E-state index is 0.0650. The van der Waals surface area contributed by atoms with Gasteiger partial charge in [-0.05, 0) is 30.2 Å². The van der Waals surface area contributed by atoms with E-state index in [-0.39, 0.29) is 11.7 Å². The number of allylic oxidation sites excluding steroid dienone is 1. The predicted molar refractivity (Wildman–Crippen MR) is 87.2 cm³/mol. The standard InChI is InChI=1S/C17H21F3N2O2/c1-3-4-12(5-6-17(21-2)22-11-23)13-7-14(18)9-15(8-13)24-10-16(19)20/h5-9,11-12,16H,3-4,10H2,1-2H3,(H,21,22,23). The first-order valence-corrected chi connectivity index (χ1v) is 7.56. The molecule has 0 heterocycles. The minimum atomic E-state index is -2.62. The lowest BCUT2D eigenvalue weighted by atomic mass is 9.93. The second-order valence-corrected chi connectivity index (χ2v) is 5.05. The van der Waals surface area contributed by atoms with Crippen LogP contribution in [0.2, 0.25) is 0 Å². The maximum atomic E-state index is 13.8. The quantitative estimate of drug-likeness (QED) is 0.423. The van der Waals surface area contributed by atoms with Gasteiger partial charge >= 0.3 is 0 Å². The van der Waals surface area contributed by atoms with Gasteiger partial charge in [0.15, 0.2) is 0 Å². The van der Waals surface area contributed by atoms with E-state index in [1.165, 1.54) is 13.1 Å². The molecule has 0 saturated carbocycles. The first-order valence-electron chi connectivity index (χ1n) is 7.56. The van der Waals surface area contributed by atoms with Crippen molar-refractivity contribution in [2.24, 2.45) is 4.99 Å². The number of amides is 1. The largest absolute Gasteiger partial charge is 0.488 e. The lowest BCUT2D eigenvalue weighted by molar-refractivity contribution is -0.108. The number of hydrogen-bond donors (Lipinski definition) is 1. The zero-order valence-electron chi connectivity index (χ0n) is 13.6. The highest BCUT2D eigenvalue weighted by Crippen LogP contribution is 2.27. The molecule has 0 fully saturated rings. The summed E-state index contributed by atoms with van der Waals surface area (Å²) in [6.45, 7) is 1.19. The number of alkyl halides is 2. The molecule has 0 aliphatic rings. The van der Waals surface area contributed by atoms with Crippen molar-refractivity contribution in [3.05, 3.63) is 41.7 Å². The van der Waals surface area contributed by atoms with Gasteiger partial charge in [0.1, 0.15) is 24.0 Å². The van der Waals surface area contributed by atoms with Gasteiger partial charge in [0.2, 0.25) is 6.41 Å². The maximum absolute atomic E-state index is 13.8. The zero-order chi connectivity index (χ0) is 17.9. The normalized spacial score (nSPS) is 13.3. The number of halogens is 3. The summed E-state index contributed by atoms with van der Waals surface area (Å²) in [6.07, 6.45) is 2.85. The number of carbonyl (C=O) groups is 1. The van der Waals surface area contributed by atoms with Crippen LogP contribution in [0.1, 0.15) is 31.2 Å². The third kappa shape index (κ3) is 6.85.